The van der Waals surface area contributed by atoms with Crippen LogP contribution in [0.15, 0.2) is 27.2 Å². The van der Waals surface area contributed by atoms with E-state index in [1.165, 1.54) is 0 Å². The monoisotopic (exact) mass is 437 g/mol. The number of nitrogens with one attached hydrogen (secondary N) is 2. The molecule has 0 aromatic carbocycles. The Labute approximate surface area is 164 Å². The van der Waals surface area contributed by atoms with Crippen molar-refractivity contribution in [3.05, 3.63) is 23.8 Å². The molecule has 1 unspecified atom stereocenters. The maximum atomic E-state index is 13.1. The van der Waals surface area contributed by atoms with Crippen LogP contribution in [0, 0.1) is 0 Å². The van der Waals surface area contributed by atoms with Gasteiger partial charge in [-0.15, -0.1) is 0 Å². The number of alkyl halides is 7. The Morgan fingerprint density at radius 2 is 1.77 bits per heavy atom. The third-order valence-corrected chi connectivity index (χ3v) is 4.53. The van der Waals surface area contributed by atoms with Crippen LogP contribution < -0.4 is 10.6 Å². The zero-order valence-corrected chi connectivity index (χ0v) is 15.0. The van der Waals surface area contributed by atoms with Crippen LogP contribution in [0.3, 0.4) is 0 Å². The zero-order chi connectivity index (χ0) is 21.7. The van der Waals surface area contributed by atoms with Crippen molar-refractivity contribution in [2.75, 3.05) is 0 Å². The highest BCUT2D eigenvalue weighted by molar-refractivity contribution is 6.09. The SMILES string of the molecule is FC1(F)CC(=NC2N=C(NC3CC(F)(F)C3)NC(c3ccnc(C(F)(F)F)n3)=N2)C1. The molecule has 1 atom stereocenters. The van der Waals surface area contributed by atoms with E-state index in [0.717, 1.165) is 12.3 Å². The van der Waals surface area contributed by atoms with Crippen molar-refractivity contribution < 1.29 is 30.7 Å². The normalized spacial score (nSPS) is 25.3. The number of guanidine groups is 1. The number of nitrogens with zero attached hydrogens (tertiary/aromatic N) is 5. The molecule has 2 fully saturated rings. The number of hydrogen-bond donors (Lipinski definition) is 2. The molecule has 1 aromatic heterocycles. The van der Waals surface area contributed by atoms with Gasteiger partial charge in [0.15, 0.2) is 5.84 Å². The van der Waals surface area contributed by atoms with E-state index in [-0.39, 0.29) is 23.2 Å². The lowest BCUT2D eigenvalue weighted by molar-refractivity contribution is -0.145. The molecule has 0 spiro atoms. The summed E-state index contributed by atoms with van der Waals surface area (Å²) >= 11 is 0. The summed E-state index contributed by atoms with van der Waals surface area (Å²) in [6.07, 6.45) is -7.21. The first-order chi connectivity index (χ1) is 13.9. The number of amidine groups is 1. The van der Waals surface area contributed by atoms with Gasteiger partial charge < -0.3 is 10.6 Å². The summed E-state index contributed by atoms with van der Waals surface area (Å²) in [7, 11) is 0. The Kier molecular flexibility index (Phi) is 4.69. The van der Waals surface area contributed by atoms with Crippen LogP contribution in [0.2, 0.25) is 0 Å². The number of rotatable bonds is 3. The zero-order valence-electron chi connectivity index (χ0n) is 15.0. The second kappa shape index (κ2) is 6.87. The minimum Gasteiger partial charge on any atom is -0.353 e. The molecule has 30 heavy (non-hydrogen) atoms. The van der Waals surface area contributed by atoms with Crippen LogP contribution in [0.4, 0.5) is 30.7 Å². The maximum absolute atomic E-state index is 13.1. The van der Waals surface area contributed by atoms with Crippen molar-refractivity contribution in [3.8, 4) is 0 Å². The van der Waals surface area contributed by atoms with Gasteiger partial charge in [-0.3, -0.25) is 0 Å². The molecule has 2 aliphatic carbocycles. The molecule has 0 bridgehead atoms. The van der Waals surface area contributed by atoms with E-state index in [1.54, 1.807) is 0 Å². The maximum Gasteiger partial charge on any atom is 0.451 e. The Balaban J connectivity index is 1.58. The molecule has 162 valence electrons. The number of halogens is 7. The van der Waals surface area contributed by atoms with Crippen molar-refractivity contribution in [2.24, 2.45) is 15.0 Å². The first-order valence-electron chi connectivity index (χ1n) is 8.80. The van der Waals surface area contributed by atoms with E-state index in [4.69, 9.17) is 0 Å². The van der Waals surface area contributed by atoms with Gasteiger partial charge in [0.1, 0.15) is 5.69 Å². The van der Waals surface area contributed by atoms with Crippen molar-refractivity contribution in [2.45, 2.75) is 56.0 Å². The summed E-state index contributed by atoms with van der Waals surface area (Å²) in [5.41, 5.74) is -0.0958. The lowest BCUT2D eigenvalue weighted by Gasteiger charge is -2.36. The highest BCUT2D eigenvalue weighted by Crippen LogP contribution is 2.37. The molecular weight excluding hydrogens is 423 g/mol. The molecule has 2 heterocycles. The van der Waals surface area contributed by atoms with Crippen LogP contribution in [-0.2, 0) is 6.18 Å². The smallest absolute Gasteiger partial charge is 0.353 e. The van der Waals surface area contributed by atoms with Crippen LogP contribution in [0.25, 0.3) is 0 Å². The number of aromatic nitrogens is 2. The van der Waals surface area contributed by atoms with Gasteiger partial charge in [0.05, 0.1) is 12.8 Å². The molecule has 7 nitrogen and oxygen atoms in total. The standard InChI is InChI=1S/C16H14F7N7/c17-14(18)3-7(4-14)25-12-28-10(9-1-2-24-11(27-9)16(21,22)23)29-13(30-12)26-8-5-15(19,20)6-8/h1-2,7,13H,3-6H2,(H2,25,28,29,30). The van der Waals surface area contributed by atoms with E-state index in [0.29, 0.717) is 0 Å². The summed E-state index contributed by atoms with van der Waals surface area (Å²) in [6, 6.07) is 0.534. The van der Waals surface area contributed by atoms with E-state index in [2.05, 4.69) is 35.6 Å². The Bertz CT molecular complexity index is 920. The fourth-order valence-corrected chi connectivity index (χ4v) is 3.08. The third kappa shape index (κ3) is 4.51. The number of aliphatic imine (C=N–C) groups is 3. The van der Waals surface area contributed by atoms with Crippen molar-refractivity contribution in [1.82, 2.24) is 20.6 Å². The minimum absolute atomic E-state index is 0.0619. The van der Waals surface area contributed by atoms with Crippen LogP contribution >= 0.6 is 0 Å². The third-order valence-electron chi connectivity index (χ3n) is 4.53. The quantitative estimate of drug-likeness (QED) is 0.713. The Hall–Kier alpha value is -2.80. The topological polar surface area (TPSA) is 86.9 Å². The molecule has 0 saturated heterocycles. The van der Waals surface area contributed by atoms with Gasteiger partial charge in [-0.05, 0) is 6.07 Å². The summed E-state index contributed by atoms with van der Waals surface area (Å²) in [5, 5.41) is 5.31. The lowest BCUT2D eigenvalue weighted by atomic mass is 9.88. The van der Waals surface area contributed by atoms with Crippen molar-refractivity contribution in [3.63, 3.8) is 0 Å². The van der Waals surface area contributed by atoms with Gasteiger partial charge in [0.2, 0.25) is 18.1 Å². The molecule has 0 amide bonds. The molecule has 0 radical (unpaired) electrons. The molecule has 3 aliphatic rings. The second-order valence-corrected chi connectivity index (χ2v) is 7.20. The lowest BCUT2D eigenvalue weighted by Crippen LogP contribution is -2.56. The van der Waals surface area contributed by atoms with Gasteiger partial charge in [-0.25, -0.2) is 42.5 Å². The molecule has 1 aromatic rings. The summed E-state index contributed by atoms with van der Waals surface area (Å²) < 4.78 is 90.9. The highest BCUT2D eigenvalue weighted by atomic mass is 19.4. The Morgan fingerprint density at radius 1 is 1.07 bits per heavy atom. The van der Waals surface area contributed by atoms with Crippen LogP contribution in [-0.4, -0.2) is 51.7 Å². The average Bonchev–Trinajstić information content (AvgIpc) is 2.58. The second-order valence-electron chi connectivity index (χ2n) is 7.20. The van der Waals surface area contributed by atoms with E-state index < -0.39 is 61.9 Å². The predicted octanol–water partition coefficient (Wildman–Crippen LogP) is 2.74. The molecule has 4 rings (SSSR count). The highest BCUT2D eigenvalue weighted by Gasteiger charge is 2.46. The molecule has 1 aliphatic heterocycles. The van der Waals surface area contributed by atoms with E-state index >= 15 is 0 Å². The minimum atomic E-state index is -4.80. The van der Waals surface area contributed by atoms with Crippen molar-refractivity contribution in [1.29, 1.82) is 0 Å². The van der Waals surface area contributed by atoms with E-state index in [1.807, 2.05) is 0 Å². The summed E-state index contributed by atoms with van der Waals surface area (Å²) in [6.45, 7) is 0. The molecule has 14 heteroatoms. The van der Waals surface area contributed by atoms with Crippen molar-refractivity contribution >= 4 is 17.5 Å². The van der Waals surface area contributed by atoms with Gasteiger partial charge in [0, 0.05) is 30.8 Å². The molecule has 2 N–H and O–H groups in total. The average molecular weight is 437 g/mol. The summed E-state index contributed by atoms with van der Waals surface area (Å²) in [4.78, 5) is 18.6. The van der Waals surface area contributed by atoms with Gasteiger partial charge in [-0.1, -0.05) is 0 Å². The molecular formula is C16H14F7N7. The number of hydrogen-bond acceptors (Lipinski definition) is 7. The summed E-state index contributed by atoms with van der Waals surface area (Å²) in [5.74, 6) is -7.31. The van der Waals surface area contributed by atoms with Crippen LogP contribution in [0.1, 0.15) is 37.2 Å². The van der Waals surface area contributed by atoms with Gasteiger partial charge in [-0.2, -0.15) is 13.2 Å². The first kappa shape index (κ1) is 20.5. The van der Waals surface area contributed by atoms with Gasteiger partial charge in [0.25, 0.3) is 11.8 Å². The predicted molar refractivity (Wildman–Crippen MR) is 90.7 cm³/mol. The van der Waals surface area contributed by atoms with Crippen LogP contribution in [0.5, 0.6) is 0 Å². The fourth-order valence-electron chi connectivity index (χ4n) is 3.08. The van der Waals surface area contributed by atoms with E-state index in [9.17, 15) is 30.7 Å². The largest absolute Gasteiger partial charge is 0.451 e. The Morgan fingerprint density at radius 3 is 2.37 bits per heavy atom. The van der Waals surface area contributed by atoms with Gasteiger partial charge >= 0.3 is 6.18 Å². The molecule has 2 saturated carbocycles. The first-order valence-corrected chi connectivity index (χ1v) is 8.80. The fraction of sp³-hybridized carbons (Fsp3) is 0.562.